The normalized spacial score (nSPS) is 21.2. The Morgan fingerprint density at radius 2 is 1.81 bits per heavy atom. The van der Waals surface area contributed by atoms with Crippen LogP contribution < -0.4 is 5.32 Å². The highest BCUT2D eigenvalue weighted by Gasteiger charge is 2.38. The summed E-state index contributed by atoms with van der Waals surface area (Å²) in [4.78, 5) is 25.6. The van der Waals surface area contributed by atoms with Crippen molar-refractivity contribution >= 4 is 21.8 Å². The molecule has 0 spiro atoms. The summed E-state index contributed by atoms with van der Waals surface area (Å²) in [7, 11) is -3.63. The van der Waals surface area contributed by atoms with Crippen LogP contribution in [0.25, 0.3) is 0 Å². The Hall–Kier alpha value is -2.40. The van der Waals surface area contributed by atoms with E-state index in [4.69, 9.17) is 0 Å². The standard InChI is InChI=1S/C21H26F3N3O4S/c1-2-19(28)25-17-7-4-10-27(14-17)32(30,31)18-8-11-26(12-9-18)20(29)15-5-3-6-16(13-15)21(22,23)24/h2-3,5-6,13,17-18H,1,4,7-12,14H2,(H,25,28)/t17-/m0/s1. The minimum atomic E-state index is -4.55. The van der Waals surface area contributed by atoms with Crippen LogP contribution >= 0.6 is 0 Å². The van der Waals surface area contributed by atoms with Crippen molar-refractivity contribution in [2.75, 3.05) is 26.2 Å². The monoisotopic (exact) mass is 473 g/mol. The van der Waals surface area contributed by atoms with E-state index in [-0.39, 0.29) is 50.0 Å². The Balaban J connectivity index is 1.61. The van der Waals surface area contributed by atoms with Crippen molar-refractivity contribution in [3.63, 3.8) is 0 Å². The first-order chi connectivity index (χ1) is 15.0. The quantitative estimate of drug-likeness (QED) is 0.666. The zero-order valence-corrected chi connectivity index (χ0v) is 18.3. The van der Waals surface area contributed by atoms with Crippen LogP contribution in [0, 0.1) is 0 Å². The minimum absolute atomic E-state index is 0.0713. The van der Waals surface area contributed by atoms with Crippen molar-refractivity contribution in [1.29, 1.82) is 0 Å². The second-order valence-electron chi connectivity index (χ2n) is 8.02. The molecule has 0 radical (unpaired) electrons. The third kappa shape index (κ3) is 5.50. The maximum absolute atomic E-state index is 13.1. The van der Waals surface area contributed by atoms with E-state index in [1.165, 1.54) is 21.3 Å². The molecule has 2 saturated heterocycles. The van der Waals surface area contributed by atoms with Crippen molar-refractivity contribution in [2.45, 2.75) is 43.2 Å². The molecule has 2 aliphatic heterocycles. The molecule has 1 aromatic carbocycles. The molecule has 0 bridgehead atoms. The predicted octanol–water partition coefficient (Wildman–Crippen LogP) is 2.41. The van der Waals surface area contributed by atoms with Crippen molar-refractivity contribution in [3.8, 4) is 0 Å². The molecule has 7 nitrogen and oxygen atoms in total. The Morgan fingerprint density at radius 1 is 1.12 bits per heavy atom. The summed E-state index contributed by atoms with van der Waals surface area (Å²) in [5.74, 6) is -0.896. The highest BCUT2D eigenvalue weighted by Crippen LogP contribution is 2.30. The lowest BCUT2D eigenvalue weighted by Gasteiger charge is -2.37. The molecule has 1 N–H and O–H groups in total. The molecule has 2 aliphatic rings. The molecule has 11 heteroatoms. The fourth-order valence-electron chi connectivity index (χ4n) is 4.13. The summed E-state index contributed by atoms with van der Waals surface area (Å²) < 4.78 is 66.4. The van der Waals surface area contributed by atoms with Gasteiger partial charge in [-0.15, -0.1) is 0 Å². The number of amides is 2. The van der Waals surface area contributed by atoms with Crippen LogP contribution in [0.1, 0.15) is 41.6 Å². The van der Waals surface area contributed by atoms with Crippen LogP contribution in [-0.2, 0) is 21.0 Å². The number of rotatable bonds is 5. The maximum atomic E-state index is 13.1. The molecule has 32 heavy (non-hydrogen) atoms. The van der Waals surface area contributed by atoms with Gasteiger partial charge in [0.1, 0.15) is 0 Å². The van der Waals surface area contributed by atoms with Crippen LogP contribution in [-0.4, -0.2) is 66.9 Å². The van der Waals surface area contributed by atoms with Crippen LogP contribution in [0.4, 0.5) is 13.2 Å². The fourth-order valence-corrected chi connectivity index (χ4v) is 6.13. The van der Waals surface area contributed by atoms with Gasteiger partial charge >= 0.3 is 6.18 Å². The summed E-state index contributed by atoms with van der Waals surface area (Å²) in [6.07, 6.45) is -1.70. The SMILES string of the molecule is C=CC(=O)N[C@H]1CCCN(S(=O)(=O)C2CCN(C(=O)c3cccc(C(F)(F)F)c3)CC2)C1. The number of carbonyl (C=O) groups excluding carboxylic acids is 2. The molecular formula is C21H26F3N3O4S. The molecule has 1 atom stereocenters. The van der Waals surface area contributed by atoms with Crippen molar-refractivity contribution in [1.82, 2.24) is 14.5 Å². The van der Waals surface area contributed by atoms with Crippen molar-refractivity contribution < 1.29 is 31.2 Å². The summed E-state index contributed by atoms with van der Waals surface area (Å²) in [5, 5.41) is 2.05. The van der Waals surface area contributed by atoms with Gasteiger partial charge in [-0.25, -0.2) is 8.42 Å². The van der Waals surface area contributed by atoms with Crippen molar-refractivity contribution in [2.24, 2.45) is 0 Å². The number of piperidine rings is 2. The first kappa shape index (κ1) is 24.2. The summed E-state index contributed by atoms with van der Waals surface area (Å²) in [5.41, 5.74) is -0.970. The smallest absolute Gasteiger partial charge is 0.349 e. The van der Waals surface area contributed by atoms with E-state index >= 15 is 0 Å². The molecule has 0 saturated carbocycles. The molecule has 0 aromatic heterocycles. The molecule has 2 heterocycles. The lowest BCUT2D eigenvalue weighted by atomic mass is 10.1. The zero-order chi connectivity index (χ0) is 23.5. The van der Waals surface area contributed by atoms with Gasteiger partial charge in [-0.05, 0) is 50.0 Å². The van der Waals surface area contributed by atoms with Gasteiger partial charge in [-0.2, -0.15) is 17.5 Å². The van der Waals surface area contributed by atoms with Gasteiger partial charge in [-0.3, -0.25) is 9.59 Å². The molecule has 176 valence electrons. The number of benzene rings is 1. The highest BCUT2D eigenvalue weighted by molar-refractivity contribution is 7.89. The van der Waals surface area contributed by atoms with Crippen LogP contribution in [0.15, 0.2) is 36.9 Å². The lowest BCUT2D eigenvalue weighted by molar-refractivity contribution is -0.137. The number of nitrogens with zero attached hydrogens (tertiary/aromatic N) is 2. The first-order valence-corrected chi connectivity index (χ1v) is 11.9. The van der Waals surface area contributed by atoms with E-state index in [0.717, 1.165) is 18.2 Å². The number of carbonyl (C=O) groups is 2. The number of nitrogens with one attached hydrogen (secondary N) is 1. The highest BCUT2D eigenvalue weighted by atomic mass is 32.2. The largest absolute Gasteiger partial charge is 0.416 e. The van der Waals surface area contributed by atoms with E-state index in [2.05, 4.69) is 11.9 Å². The molecule has 2 fully saturated rings. The predicted molar refractivity (Wildman–Crippen MR) is 112 cm³/mol. The topological polar surface area (TPSA) is 86.8 Å². The Kier molecular flexibility index (Phi) is 7.29. The summed E-state index contributed by atoms with van der Waals surface area (Å²) in [6, 6.07) is 3.94. The van der Waals surface area contributed by atoms with E-state index in [1.54, 1.807) is 0 Å². The molecule has 3 rings (SSSR count). The minimum Gasteiger partial charge on any atom is -0.349 e. The number of sulfonamides is 1. The second kappa shape index (κ2) is 9.62. The average Bonchev–Trinajstić information content (AvgIpc) is 2.78. The van der Waals surface area contributed by atoms with E-state index in [9.17, 15) is 31.2 Å². The number of hydrogen-bond donors (Lipinski definition) is 1. The van der Waals surface area contributed by atoms with E-state index in [1.807, 2.05) is 0 Å². The van der Waals surface area contributed by atoms with Gasteiger partial charge in [0.15, 0.2) is 0 Å². The number of alkyl halides is 3. The van der Waals surface area contributed by atoms with Crippen LogP contribution in [0.3, 0.4) is 0 Å². The Labute approximate surface area is 185 Å². The number of halogens is 3. The van der Waals surface area contributed by atoms with Gasteiger partial charge in [0.25, 0.3) is 5.91 Å². The van der Waals surface area contributed by atoms with Crippen LogP contribution in [0.5, 0.6) is 0 Å². The first-order valence-electron chi connectivity index (χ1n) is 10.4. The van der Waals surface area contributed by atoms with Gasteiger partial charge in [-0.1, -0.05) is 12.6 Å². The molecule has 0 unspecified atom stereocenters. The molecular weight excluding hydrogens is 447 g/mol. The molecule has 2 amide bonds. The third-order valence-electron chi connectivity index (χ3n) is 5.86. The second-order valence-corrected chi connectivity index (χ2v) is 10.2. The Morgan fingerprint density at radius 3 is 2.44 bits per heavy atom. The average molecular weight is 474 g/mol. The van der Waals surface area contributed by atoms with Gasteiger partial charge in [0, 0.05) is 37.8 Å². The summed E-state index contributed by atoms with van der Waals surface area (Å²) in [6.45, 7) is 4.23. The third-order valence-corrected chi connectivity index (χ3v) is 8.23. The van der Waals surface area contributed by atoms with Gasteiger partial charge < -0.3 is 10.2 Å². The van der Waals surface area contributed by atoms with Gasteiger partial charge in [0.05, 0.1) is 10.8 Å². The number of likely N-dealkylation sites (tertiary alicyclic amines) is 1. The maximum Gasteiger partial charge on any atom is 0.416 e. The van der Waals surface area contributed by atoms with Crippen LogP contribution in [0.2, 0.25) is 0 Å². The van der Waals surface area contributed by atoms with Crippen molar-refractivity contribution in [3.05, 3.63) is 48.0 Å². The van der Waals surface area contributed by atoms with E-state index in [0.29, 0.717) is 19.4 Å². The lowest BCUT2D eigenvalue weighted by Crippen LogP contribution is -2.53. The zero-order valence-electron chi connectivity index (χ0n) is 17.5. The molecule has 0 aliphatic carbocycles. The fraction of sp³-hybridized carbons (Fsp3) is 0.524. The van der Waals surface area contributed by atoms with E-state index < -0.39 is 32.9 Å². The number of hydrogen-bond acceptors (Lipinski definition) is 4. The summed E-state index contributed by atoms with van der Waals surface area (Å²) >= 11 is 0. The Bertz CT molecular complexity index is 973. The van der Waals surface area contributed by atoms with Gasteiger partial charge in [0.2, 0.25) is 15.9 Å². The molecule has 1 aromatic rings.